The van der Waals surface area contributed by atoms with Gasteiger partial charge in [-0.1, -0.05) is 20.8 Å². The zero-order valence-corrected chi connectivity index (χ0v) is 13.9. The lowest BCUT2D eigenvalue weighted by Gasteiger charge is -2.45. The van der Waals surface area contributed by atoms with E-state index in [0.29, 0.717) is 13.2 Å². The number of carbonyl (C=O) groups is 1. The quantitative estimate of drug-likeness (QED) is 0.471. The van der Waals surface area contributed by atoms with E-state index in [1.807, 2.05) is 0 Å². The molecule has 1 fully saturated rings. The van der Waals surface area contributed by atoms with Crippen molar-refractivity contribution in [1.82, 2.24) is 0 Å². The number of esters is 1. The highest BCUT2D eigenvalue weighted by molar-refractivity contribution is 6.74. The van der Waals surface area contributed by atoms with Crippen LogP contribution in [0.4, 0.5) is 0 Å². The Hall–Kier alpha value is -0.433. The van der Waals surface area contributed by atoms with Crippen LogP contribution >= 0.6 is 0 Å². The first-order valence-corrected chi connectivity index (χ1v) is 9.79. The van der Waals surface area contributed by atoms with Crippen LogP contribution in [-0.4, -0.2) is 33.7 Å². The van der Waals surface area contributed by atoms with Crippen LogP contribution in [0, 0.1) is 11.1 Å². The number of hydroxylamine groups is 2. The molecule has 6 heteroatoms. The van der Waals surface area contributed by atoms with E-state index in [0.717, 1.165) is 6.42 Å². The molecule has 3 unspecified atom stereocenters. The van der Waals surface area contributed by atoms with Crippen molar-refractivity contribution in [2.45, 2.75) is 58.5 Å². The van der Waals surface area contributed by atoms with E-state index in [4.69, 9.17) is 9.16 Å². The molecule has 1 saturated heterocycles. The van der Waals surface area contributed by atoms with Crippen LogP contribution in [0.5, 0.6) is 0 Å². The van der Waals surface area contributed by atoms with E-state index in [9.17, 15) is 10.0 Å². The molecule has 0 aliphatic carbocycles. The molecule has 0 amide bonds. The van der Waals surface area contributed by atoms with Gasteiger partial charge in [-0.15, -0.1) is 0 Å². The molecule has 1 N–H and O–H groups in total. The van der Waals surface area contributed by atoms with Crippen molar-refractivity contribution in [3.63, 3.8) is 0 Å². The molecule has 19 heavy (non-hydrogen) atoms. The van der Waals surface area contributed by atoms with Gasteiger partial charge in [0.15, 0.2) is 8.32 Å². The molecular weight excluding hydrogens is 262 g/mol. The fourth-order valence-corrected chi connectivity index (χ4v) is 2.92. The Morgan fingerprint density at radius 2 is 2.00 bits per heavy atom. The molecule has 0 aromatic rings. The molecule has 5 nitrogen and oxygen atoms in total. The summed E-state index contributed by atoms with van der Waals surface area (Å²) in [5, 5.41) is 11.6. The Labute approximate surface area is 117 Å². The van der Waals surface area contributed by atoms with Crippen LogP contribution in [0.25, 0.3) is 0 Å². The molecule has 0 aromatic heterocycles. The van der Waals surface area contributed by atoms with Gasteiger partial charge in [-0.2, -0.15) is 0 Å². The lowest BCUT2D eigenvalue weighted by atomic mass is 9.96. The van der Waals surface area contributed by atoms with Crippen LogP contribution in [0.3, 0.4) is 0 Å². The summed E-state index contributed by atoms with van der Waals surface area (Å²) in [6, 6.07) is 0. The summed E-state index contributed by atoms with van der Waals surface area (Å²) in [6.07, 6.45) is 0.261. The highest BCUT2D eigenvalue weighted by atomic mass is 28.4. The number of carbonyl (C=O) groups excluding carboxylic acids is 1. The highest BCUT2D eigenvalue weighted by Crippen LogP contribution is 2.36. The van der Waals surface area contributed by atoms with Crippen molar-refractivity contribution in [2.24, 2.45) is 5.92 Å². The smallest absolute Gasteiger partial charge is 0.307 e. The predicted octanol–water partition coefficient (Wildman–Crippen LogP) is 1.30. The maximum Gasteiger partial charge on any atom is 0.307 e. The normalized spacial score (nSPS) is 27.8. The molecule has 0 radical (unpaired) electrons. The summed E-state index contributed by atoms with van der Waals surface area (Å²) in [5.74, 6) is -0.241. The van der Waals surface area contributed by atoms with Crippen LogP contribution in [-0.2, 0) is 14.0 Å². The van der Waals surface area contributed by atoms with Crippen molar-refractivity contribution in [2.75, 3.05) is 13.2 Å². The van der Waals surface area contributed by atoms with Crippen molar-refractivity contribution in [3.05, 3.63) is 5.21 Å². The number of rotatable bonds is 5. The number of nitrogens with one attached hydrogen (secondary N) is 1. The van der Waals surface area contributed by atoms with Gasteiger partial charge in [0.05, 0.1) is 6.54 Å². The van der Waals surface area contributed by atoms with E-state index >= 15 is 0 Å². The van der Waals surface area contributed by atoms with Gasteiger partial charge in [-0.25, -0.2) is 0 Å². The summed E-state index contributed by atoms with van der Waals surface area (Å²) in [6.45, 7) is 13.5. The molecule has 0 saturated carbocycles. The number of quaternary nitrogens is 1. The van der Waals surface area contributed by atoms with Crippen molar-refractivity contribution in [3.8, 4) is 0 Å². The molecule has 3 atom stereocenters. The van der Waals surface area contributed by atoms with Gasteiger partial charge in [-0.3, -0.25) is 4.79 Å². The van der Waals surface area contributed by atoms with Gasteiger partial charge in [-0.05, 0) is 24.6 Å². The summed E-state index contributed by atoms with van der Waals surface area (Å²) in [5.41, 5.74) is 0. The first-order chi connectivity index (χ1) is 8.54. The number of hydrogen-bond donors (Lipinski definition) is 1. The van der Waals surface area contributed by atoms with E-state index in [1.165, 1.54) is 6.92 Å². The standard InChI is InChI=1S/C13H27NO4Si/c1-10(15)18-12-11(9-14(12)16)7-8-17-19(5,6)13(2,3)4/h11-12,14H,7-9H2,1-6H3. The summed E-state index contributed by atoms with van der Waals surface area (Å²) in [7, 11) is -1.72. The van der Waals surface area contributed by atoms with Crippen molar-refractivity contribution < 1.29 is 19.0 Å². The lowest BCUT2D eigenvalue weighted by molar-refractivity contribution is -0.956. The van der Waals surface area contributed by atoms with E-state index in [-0.39, 0.29) is 22.0 Å². The average Bonchev–Trinajstić information content (AvgIpc) is 2.23. The molecule has 1 aliphatic heterocycles. The third-order valence-electron chi connectivity index (χ3n) is 4.26. The molecular formula is C13H27NO4Si. The SMILES string of the molecule is CC(=O)OC1C(CCO[Si](C)(C)C(C)(C)C)C[NH+]1[O-]. The first-order valence-electron chi connectivity index (χ1n) is 6.88. The van der Waals surface area contributed by atoms with E-state index < -0.39 is 14.5 Å². The summed E-state index contributed by atoms with van der Waals surface area (Å²) >= 11 is 0. The van der Waals surface area contributed by atoms with Crippen LogP contribution < -0.4 is 5.06 Å². The monoisotopic (exact) mass is 289 g/mol. The Balaban J connectivity index is 2.36. The maximum absolute atomic E-state index is 11.4. The minimum atomic E-state index is -1.72. The van der Waals surface area contributed by atoms with Crippen molar-refractivity contribution in [1.29, 1.82) is 0 Å². The van der Waals surface area contributed by atoms with Gasteiger partial charge < -0.3 is 19.4 Å². The van der Waals surface area contributed by atoms with Crippen LogP contribution in [0.15, 0.2) is 0 Å². The predicted molar refractivity (Wildman–Crippen MR) is 76.0 cm³/mol. The van der Waals surface area contributed by atoms with E-state index in [2.05, 4.69) is 33.9 Å². The number of ether oxygens (including phenoxy) is 1. The maximum atomic E-state index is 11.4. The first kappa shape index (κ1) is 16.6. The second kappa shape index (κ2) is 5.91. The van der Waals surface area contributed by atoms with Crippen LogP contribution in [0.1, 0.15) is 34.1 Å². The molecule has 0 spiro atoms. The minimum absolute atomic E-state index is 0.0347. The Morgan fingerprint density at radius 1 is 1.42 bits per heavy atom. The fourth-order valence-electron chi connectivity index (χ4n) is 1.86. The molecule has 0 aromatic carbocycles. The molecule has 1 rings (SSSR count). The average molecular weight is 289 g/mol. The zero-order valence-electron chi connectivity index (χ0n) is 12.9. The highest BCUT2D eigenvalue weighted by Gasteiger charge is 2.43. The minimum Gasteiger partial charge on any atom is -0.632 e. The van der Waals surface area contributed by atoms with Gasteiger partial charge in [0.1, 0.15) is 5.92 Å². The van der Waals surface area contributed by atoms with Gasteiger partial charge in [0.25, 0.3) is 0 Å². The third-order valence-corrected chi connectivity index (χ3v) is 8.80. The van der Waals surface area contributed by atoms with Gasteiger partial charge >= 0.3 is 5.97 Å². The Morgan fingerprint density at radius 3 is 2.42 bits per heavy atom. The number of hydrogen-bond acceptors (Lipinski definition) is 4. The molecule has 1 heterocycles. The lowest BCUT2D eigenvalue weighted by Crippen LogP contribution is -3.21. The van der Waals surface area contributed by atoms with Crippen LogP contribution in [0.2, 0.25) is 18.1 Å². The van der Waals surface area contributed by atoms with Gasteiger partial charge in [0.2, 0.25) is 6.23 Å². The summed E-state index contributed by atoms with van der Waals surface area (Å²) < 4.78 is 11.1. The summed E-state index contributed by atoms with van der Waals surface area (Å²) in [4.78, 5) is 10.9. The zero-order chi connectivity index (χ0) is 14.8. The third kappa shape index (κ3) is 4.27. The van der Waals surface area contributed by atoms with Crippen molar-refractivity contribution >= 4 is 14.3 Å². The second-order valence-corrected chi connectivity index (χ2v) is 11.7. The largest absolute Gasteiger partial charge is 0.632 e. The van der Waals surface area contributed by atoms with E-state index in [1.54, 1.807) is 0 Å². The second-order valence-electron chi connectivity index (χ2n) is 6.86. The molecule has 1 aliphatic rings. The molecule has 0 bridgehead atoms. The Kier molecular flexibility index (Phi) is 5.17. The Bertz CT molecular complexity index is 327. The van der Waals surface area contributed by atoms with Gasteiger partial charge in [0, 0.05) is 13.5 Å². The topological polar surface area (TPSA) is 63.0 Å². The molecule has 112 valence electrons. The fraction of sp³-hybridized carbons (Fsp3) is 0.923.